The number of ether oxygens (including phenoxy) is 1. The van der Waals surface area contributed by atoms with E-state index in [2.05, 4.69) is 93.0 Å². The third-order valence-corrected chi connectivity index (χ3v) is 8.06. The molecule has 1 aromatic heterocycles. The van der Waals surface area contributed by atoms with Crippen LogP contribution in [0.2, 0.25) is 0 Å². The molecule has 4 nitrogen and oxygen atoms in total. The van der Waals surface area contributed by atoms with E-state index in [1.165, 1.54) is 21.5 Å². The number of morpholine rings is 1. The van der Waals surface area contributed by atoms with Crippen molar-refractivity contribution >= 4 is 51.6 Å². The Morgan fingerprint density at radius 2 is 1.18 bits per heavy atom. The molecule has 0 spiro atoms. The van der Waals surface area contributed by atoms with Gasteiger partial charge < -0.3 is 13.1 Å². The van der Waals surface area contributed by atoms with E-state index in [9.17, 15) is 0 Å². The Hall–Kier alpha value is -2.78. The van der Waals surface area contributed by atoms with Gasteiger partial charge in [0.15, 0.2) is 0 Å². The van der Waals surface area contributed by atoms with Crippen molar-refractivity contribution in [3.05, 3.63) is 71.8 Å². The fraction of sp³-hybridized carbons (Fsp3) is 0.286. The Bertz CT molecular complexity index is 1460. The van der Waals surface area contributed by atoms with Gasteiger partial charge in [-0.1, -0.05) is 48.5 Å². The standard InChI is InChI=1S/C28H28NO3P/c1-17-13-21-9-5-7-11-23(21)25-26-24-12-8-6-10-22(24)14-18(2)28(26)32-33(31-27(17)25)29-15-19(3)30-20(4)16-29/h5-14,19-20H,15-16H2,1-4H3. The van der Waals surface area contributed by atoms with Crippen molar-refractivity contribution in [2.24, 2.45) is 0 Å². The summed E-state index contributed by atoms with van der Waals surface area (Å²) in [6, 6.07) is 21.6. The molecule has 1 aliphatic rings. The Balaban J connectivity index is 1.85. The van der Waals surface area contributed by atoms with Gasteiger partial charge in [-0.15, -0.1) is 0 Å². The summed E-state index contributed by atoms with van der Waals surface area (Å²) in [4.78, 5) is 0. The maximum Gasteiger partial charge on any atom is 0.309 e. The van der Waals surface area contributed by atoms with Crippen LogP contribution in [0.15, 0.2) is 69.1 Å². The highest BCUT2D eigenvalue weighted by Gasteiger charge is 2.27. The molecule has 2 unspecified atom stereocenters. The summed E-state index contributed by atoms with van der Waals surface area (Å²) in [5.41, 5.74) is 4.13. The predicted molar refractivity (Wildman–Crippen MR) is 139 cm³/mol. The molecule has 0 bridgehead atoms. The number of nitrogens with zero attached hydrogens (tertiary/aromatic N) is 1. The first kappa shape index (κ1) is 20.8. The van der Waals surface area contributed by atoms with Gasteiger partial charge in [0.2, 0.25) is 0 Å². The normalized spacial score (nSPS) is 19.6. The molecule has 4 aromatic carbocycles. The molecule has 33 heavy (non-hydrogen) atoms. The van der Waals surface area contributed by atoms with E-state index in [-0.39, 0.29) is 12.2 Å². The largest absolute Gasteiger partial charge is 0.407 e. The fourth-order valence-electron chi connectivity index (χ4n) is 5.24. The first-order chi connectivity index (χ1) is 16.0. The first-order valence-electron chi connectivity index (χ1n) is 11.6. The molecule has 168 valence electrons. The van der Waals surface area contributed by atoms with E-state index >= 15 is 0 Å². The van der Waals surface area contributed by atoms with Crippen molar-refractivity contribution in [3.63, 3.8) is 0 Å². The molecule has 2 atom stereocenters. The van der Waals surface area contributed by atoms with Gasteiger partial charge in [0, 0.05) is 23.9 Å². The van der Waals surface area contributed by atoms with Crippen molar-refractivity contribution in [1.29, 1.82) is 0 Å². The molecule has 5 heteroatoms. The van der Waals surface area contributed by atoms with E-state index < -0.39 is 8.16 Å². The van der Waals surface area contributed by atoms with Crippen molar-refractivity contribution in [2.45, 2.75) is 39.9 Å². The third kappa shape index (κ3) is 3.45. The summed E-state index contributed by atoms with van der Waals surface area (Å²) >= 11 is 0. The van der Waals surface area contributed by atoms with Gasteiger partial charge in [0.25, 0.3) is 0 Å². The Morgan fingerprint density at radius 1 is 0.727 bits per heavy atom. The average Bonchev–Trinajstić information content (AvgIpc) is 2.98. The maximum atomic E-state index is 6.83. The van der Waals surface area contributed by atoms with Gasteiger partial charge in [-0.2, -0.15) is 4.67 Å². The number of aryl methyl sites for hydroxylation is 2. The number of fused-ring (bicyclic) bond motifs is 7. The minimum absolute atomic E-state index is 0.140. The predicted octanol–water partition coefficient (Wildman–Crippen LogP) is 7.96. The molecule has 1 fully saturated rings. The lowest BCUT2D eigenvalue weighted by Crippen LogP contribution is -2.44. The highest BCUT2D eigenvalue weighted by atomic mass is 31.1. The van der Waals surface area contributed by atoms with Gasteiger partial charge in [-0.25, -0.2) is 0 Å². The second kappa shape index (κ2) is 7.92. The first-order valence-corrected chi connectivity index (χ1v) is 12.7. The Kier molecular flexibility index (Phi) is 4.99. The molecule has 0 radical (unpaired) electrons. The number of hydrogen-bond acceptors (Lipinski definition) is 4. The quantitative estimate of drug-likeness (QED) is 0.256. The number of rotatable bonds is 1. The van der Waals surface area contributed by atoms with E-state index in [0.717, 1.165) is 46.2 Å². The van der Waals surface area contributed by atoms with E-state index in [0.29, 0.717) is 0 Å². The second-order valence-corrected chi connectivity index (χ2v) is 10.7. The molecule has 1 saturated heterocycles. The third-order valence-electron chi connectivity index (χ3n) is 6.59. The molecule has 0 saturated carbocycles. The lowest BCUT2D eigenvalue weighted by atomic mass is 9.95. The van der Waals surface area contributed by atoms with Gasteiger partial charge in [-0.3, -0.25) is 0 Å². The molecule has 0 N–H and O–H groups in total. The smallest absolute Gasteiger partial charge is 0.309 e. The minimum Gasteiger partial charge on any atom is -0.407 e. The van der Waals surface area contributed by atoms with E-state index in [4.69, 9.17) is 13.1 Å². The molecule has 6 rings (SSSR count). The van der Waals surface area contributed by atoms with Crippen molar-refractivity contribution < 1.29 is 13.1 Å². The van der Waals surface area contributed by atoms with Crippen LogP contribution in [0.25, 0.3) is 43.5 Å². The van der Waals surface area contributed by atoms with Crippen LogP contribution in [0, 0.1) is 13.8 Å². The summed E-state index contributed by atoms with van der Waals surface area (Å²) in [7, 11) is -1.33. The summed E-state index contributed by atoms with van der Waals surface area (Å²) in [5, 5.41) is 7.10. The summed E-state index contributed by atoms with van der Waals surface area (Å²) < 4.78 is 22.0. The maximum absolute atomic E-state index is 6.83. The Labute approximate surface area is 194 Å². The molecule has 0 amide bonds. The minimum atomic E-state index is -1.33. The van der Waals surface area contributed by atoms with Crippen LogP contribution in [0.5, 0.6) is 0 Å². The topological polar surface area (TPSA) is 38.8 Å². The molecule has 5 aromatic rings. The van der Waals surface area contributed by atoms with Crippen molar-refractivity contribution in [3.8, 4) is 0 Å². The molecule has 1 aliphatic heterocycles. The van der Waals surface area contributed by atoms with Crippen LogP contribution in [-0.2, 0) is 4.74 Å². The van der Waals surface area contributed by atoms with Crippen LogP contribution in [0.3, 0.4) is 0 Å². The monoisotopic (exact) mass is 457 g/mol. The highest BCUT2D eigenvalue weighted by Crippen LogP contribution is 2.44. The summed E-state index contributed by atoms with van der Waals surface area (Å²) in [6.45, 7) is 10.1. The number of hydrogen-bond donors (Lipinski definition) is 0. The summed E-state index contributed by atoms with van der Waals surface area (Å²) in [6.07, 6.45) is 0.280. The Morgan fingerprint density at radius 3 is 1.67 bits per heavy atom. The fourth-order valence-corrected chi connectivity index (χ4v) is 7.02. The molecular formula is C28H28NO3P. The average molecular weight is 458 g/mol. The van der Waals surface area contributed by atoms with E-state index in [1.54, 1.807) is 0 Å². The van der Waals surface area contributed by atoms with Crippen LogP contribution in [-0.4, -0.2) is 25.3 Å². The van der Waals surface area contributed by atoms with Crippen LogP contribution >= 0.6 is 8.16 Å². The van der Waals surface area contributed by atoms with Crippen LogP contribution < -0.4 is 4.67 Å². The SMILES string of the molecule is Cc1cc2ccccc2c2c1op(N1CC(C)OC(C)C1)oc1c(C)cc3ccccc3c12. The van der Waals surface area contributed by atoms with Gasteiger partial charge in [0.05, 0.1) is 12.2 Å². The number of benzene rings is 4. The summed E-state index contributed by atoms with van der Waals surface area (Å²) in [5.74, 6) is 0. The van der Waals surface area contributed by atoms with Crippen LogP contribution in [0.1, 0.15) is 25.0 Å². The van der Waals surface area contributed by atoms with Gasteiger partial charge in [0.1, 0.15) is 11.2 Å². The van der Waals surface area contributed by atoms with Gasteiger partial charge in [-0.05, 0) is 72.5 Å². The molecule has 0 aliphatic carbocycles. The van der Waals surface area contributed by atoms with Crippen molar-refractivity contribution in [1.82, 2.24) is 0 Å². The van der Waals surface area contributed by atoms with E-state index in [1.807, 2.05) is 0 Å². The lowest BCUT2D eigenvalue weighted by Gasteiger charge is -2.32. The molecular weight excluding hydrogens is 429 g/mol. The second-order valence-electron chi connectivity index (χ2n) is 9.29. The van der Waals surface area contributed by atoms with Crippen molar-refractivity contribution in [2.75, 3.05) is 17.8 Å². The lowest BCUT2D eigenvalue weighted by molar-refractivity contribution is -0.00309. The zero-order chi connectivity index (χ0) is 22.7. The zero-order valence-electron chi connectivity index (χ0n) is 19.5. The van der Waals surface area contributed by atoms with Crippen LogP contribution in [0.4, 0.5) is 0 Å². The molecule has 2 heterocycles. The zero-order valence-corrected chi connectivity index (χ0v) is 20.4. The highest BCUT2D eigenvalue weighted by molar-refractivity contribution is 7.39. The van der Waals surface area contributed by atoms with Gasteiger partial charge >= 0.3 is 8.16 Å².